The van der Waals surface area contributed by atoms with Crippen molar-refractivity contribution in [2.24, 2.45) is 0 Å². The second-order valence-electron chi connectivity index (χ2n) is 7.35. The van der Waals surface area contributed by atoms with Gasteiger partial charge in [-0.1, -0.05) is 41.6 Å². The van der Waals surface area contributed by atoms with Crippen molar-refractivity contribution in [3.8, 4) is 17.2 Å². The second-order valence-corrected chi connectivity index (χ2v) is 8.29. The molecule has 1 amide bonds. The fraction of sp³-hybridized carbons (Fsp3) is 0.160. The number of rotatable bonds is 9. The van der Waals surface area contributed by atoms with Gasteiger partial charge in [0.25, 0.3) is 0 Å². The number of nitrogens with zero attached hydrogens (tertiary/aromatic N) is 3. The van der Waals surface area contributed by atoms with E-state index in [0.717, 1.165) is 11.3 Å². The average Bonchev–Trinajstić information content (AvgIpc) is 3.26. The first-order valence-corrected chi connectivity index (χ1v) is 11.5. The number of thioether (sulfide) groups is 1. The Hall–Kier alpha value is -3.85. The van der Waals surface area contributed by atoms with E-state index in [-0.39, 0.29) is 24.0 Å². The highest BCUT2D eigenvalue weighted by Crippen LogP contribution is 2.25. The highest BCUT2D eigenvalue weighted by molar-refractivity contribution is 7.99. The topological polar surface area (TPSA) is 78.3 Å². The third-order valence-corrected chi connectivity index (χ3v) is 5.83. The minimum absolute atomic E-state index is 0.0292. The van der Waals surface area contributed by atoms with Gasteiger partial charge in [-0.3, -0.25) is 9.36 Å². The van der Waals surface area contributed by atoms with Crippen molar-refractivity contribution < 1.29 is 18.7 Å². The van der Waals surface area contributed by atoms with Gasteiger partial charge in [-0.15, -0.1) is 10.2 Å². The summed E-state index contributed by atoms with van der Waals surface area (Å²) in [5.74, 6) is 1.19. The van der Waals surface area contributed by atoms with Gasteiger partial charge in [0, 0.05) is 5.69 Å². The van der Waals surface area contributed by atoms with E-state index >= 15 is 0 Å². The summed E-state index contributed by atoms with van der Waals surface area (Å²) < 4.78 is 26.8. The molecule has 4 aromatic rings. The molecule has 0 saturated carbocycles. The zero-order valence-corrected chi connectivity index (χ0v) is 19.5. The molecule has 0 bridgehead atoms. The summed E-state index contributed by atoms with van der Waals surface area (Å²) in [5, 5.41) is 11.6. The molecule has 7 nitrogen and oxygen atoms in total. The van der Waals surface area contributed by atoms with Crippen LogP contribution in [0.3, 0.4) is 0 Å². The predicted molar refractivity (Wildman–Crippen MR) is 129 cm³/mol. The number of hydrogen-bond donors (Lipinski definition) is 1. The fourth-order valence-electron chi connectivity index (χ4n) is 3.14. The van der Waals surface area contributed by atoms with Gasteiger partial charge in [0.2, 0.25) is 5.91 Å². The van der Waals surface area contributed by atoms with E-state index in [1.165, 1.54) is 23.9 Å². The number of para-hydroxylation sites is 1. The number of methoxy groups -OCH3 is 1. The first kappa shape index (κ1) is 23.3. The molecule has 0 aliphatic heterocycles. The zero-order chi connectivity index (χ0) is 23.9. The Morgan fingerprint density at radius 2 is 1.71 bits per heavy atom. The van der Waals surface area contributed by atoms with Crippen LogP contribution in [0.25, 0.3) is 5.69 Å². The number of ether oxygens (including phenoxy) is 2. The first-order chi connectivity index (χ1) is 16.5. The molecule has 34 heavy (non-hydrogen) atoms. The van der Waals surface area contributed by atoms with Crippen molar-refractivity contribution in [1.29, 1.82) is 0 Å². The molecule has 0 unspecified atom stereocenters. The van der Waals surface area contributed by atoms with Gasteiger partial charge in [0.05, 0.1) is 18.6 Å². The number of carbonyl (C=O) groups is 1. The summed E-state index contributed by atoms with van der Waals surface area (Å²) in [6.07, 6.45) is 0. The van der Waals surface area contributed by atoms with Gasteiger partial charge < -0.3 is 14.8 Å². The molecule has 0 spiro atoms. The van der Waals surface area contributed by atoms with Crippen LogP contribution in [0.4, 0.5) is 10.1 Å². The molecule has 1 aromatic heterocycles. The van der Waals surface area contributed by atoms with Gasteiger partial charge in [-0.2, -0.15) is 0 Å². The molecule has 0 aliphatic rings. The lowest BCUT2D eigenvalue weighted by molar-refractivity contribution is -0.113. The summed E-state index contributed by atoms with van der Waals surface area (Å²) in [7, 11) is 1.60. The third kappa shape index (κ3) is 5.74. The molecule has 174 valence electrons. The standard InChI is InChI=1S/C25H23FN4O3S/c1-17-7-11-20(12-8-17)33-15-23-28-29-25(30(23)18-9-13-19(32-2)14-10-18)34-16-24(31)27-22-6-4-3-5-21(22)26/h3-14H,15-16H2,1-2H3,(H,27,31). The van der Waals surface area contributed by atoms with Crippen LogP contribution < -0.4 is 14.8 Å². The van der Waals surface area contributed by atoms with Gasteiger partial charge in [0.1, 0.15) is 23.9 Å². The second kappa shape index (κ2) is 10.8. The van der Waals surface area contributed by atoms with Crippen LogP contribution in [-0.2, 0) is 11.4 Å². The number of benzene rings is 3. The first-order valence-electron chi connectivity index (χ1n) is 10.5. The minimum atomic E-state index is -0.488. The Morgan fingerprint density at radius 3 is 2.41 bits per heavy atom. The summed E-state index contributed by atoms with van der Waals surface area (Å²) in [6, 6.07) is 21.2. The number of aromatic nitrogens is 3. The summed E-state index contributed by atoms with van der Waals surface area (Å²) in [5.41, 5.74) is 2.07. The molecule has 0 atom stereocenters. The molecule has 9 heteroatoms. The number of aryl methyl sites for hydroxylation is 1. The molecule has 0 radical (unpaired) electrons. The average molecular weight is 479 g/mol. The number of halogens is 1. The third-order valence-electron chi connectivity index (χ3n) is 4.90. The maximum Gasteiger partial charge on any atom is 0.234 e. The smallest absolute Gasteiger partial charge is 0.234 e. The van der Waals surface area contributed by atoms with Crippen molar-refractivity contribution in [2.75, 3.05) is 18.2 Å². The number of carbonyl (C=O) groups excluding carboxylic acids is 1. The zero-order valence-electron chi connectivity index (χ0n) is 18.7. The molecule has 4 rings (SSSR count). The van der Waals surface area contributed by atoms with Crippen LogP contribution in [0.5, 0.6) is 11.5 Å². The SMILES string of the molecule is COc1ccc(-n2c(COc3ccc(C)cc3)nnc2SCC(=O)Nc2ccccc2F)cc1. The Bertz CT molecular complexity index is 1260. The van der Waals surface area contributed by atoms with Gasteiger partial charge in [-0.05, 0) is 55.5 Å². The number of anilines is 1. The molecule has 1 heterocycles. The van der Waals surface area contributed by atoms with Gasteiger partial charge in [-0.25, -0.2) is 4.39 Å². The van der Waals surface area contributed by atoms with Crippen molar-refractivity contribution in [2.45, 2.75) is 18.7 Å². The molecule has 0 aliphatic carbocycles. The summed E-state index contributed by atoms with van der Waals surface area (Å²) >= 11 is 1.20. The Balaban J connectivity index is 1.52. The molecular formula is C25H23FN4O3S. The predicted octanol–water partition coefficient (Wildman–Crippen LogP) is 5.03. The van der Waals surface area contributed by atoms with Crippen LogP contribution in [0.15, 0.2) is 78.0 Å². The minimum Gasteiger partial charge on any atom is -0.497 e. The van der Waals surface area contributed by atoms with E-state index in [0.29, 0.717) is 22.5 Å². The van der Waals surface area contributed by atoms with E-state index in [1.54, 1.807) is 19.2 Å². The normalized spacial score (nSPS) is 10.7. The molecule has 1 N–H and O–H groups in total. The summed E-state index contributed by atoms with van der Waals surface area (Å²) in [4.78, 5) is 12.4. The summed E-state index contributed by atoms with van der Waals surface area (Å²) in [6.45, 7) is 2.19. The fourth-order valence-corrected chi connectivity index (χ4v) is 3.91. The maximum absolute atomic E-state index is 13.8. The Kier molecular flexibility index (Phi) is 7.44. The lowest BCUT2D eigenvalue weighted by Gasteiger charge is -2.12. The van der Waals surface area contributed by atoms with E-state index in [1.807, 2.05) is 60.0 Å². The largest absolute Gasteiger partial charge is 0.497 e. The van der Waals surface area contributed by atoms with Crippen LogP contribution in [0.2, 0.25) is 0 Å². The van der Waals surface area contributed by atoms with Crippen molar-refractivity contribution in [3.05, 3.63) is 90.0 Å². The van der Waals surface area contributed by atoms with E-state index in [4.69, 9.17) is 9.47 Å². The lowest BCUT2D eigenvalue weighted by atomic mass is 10.2. The molecular weight excluding hydrogens is 455 g/mol. The lowest BCUT2D eigenvalue weighted by Crippen LogP contribution is -2.15. The van der Waals surface area contributed by atoms with E-state index in [9.17, 15) is 9.18 Å². The van der Waals surface area contributed by atoms with Crippen LogP contribution in [-0.4, -0.2) is 33.5 Å². The van der Waals surface area contributed by atoms with Crippen molar-refractivity contribution in [1.82, 2.24) is 14.8 Å². The highest BCUT2D eigenvalue weighted by atomic mass is 32.2. The van der Waals surface area contributed by atoms with Crippen molar-refractivity contribution in [3.63, 3.8) is 0 Å². The quantitative estimate of drug-likeness (QED) is 0.340. The maximum atomic E-state index is 13.8. The Labute approximate surface area is 200 Å². The number of amides is 1. The van der Waals surface area contributed by atoms with Crippen LogP contribution in [0.1, 0.15) is 11.4 Å². The van der Waals surface area contributed by atoms with Gasteiger partial charge in [0.15, 0.2) is 11.0 Å². The Morgan fingerprint density at radius 1 is 1.00 bits per heavy atom. The van der Waals surface area contributed by atoms with Gasteiger partial charge >= 0.3 is 0 Å². The highest BCUT2D eigenvalue weighted by Gasteiger charge is 2.17. The monoisotopic (exact) mass is 478 g/mol. The molecule has 0 fully saturated rings. The van der Waals surface area contributed by atoms with Crippen LogP contribution >= 0.6 is 11.8 Å². The number of hydrogen-bond acceptors (Lipinski definition) is 6. The van der Waals surface area contributed by atoms with E-state index < -0.39 is 5.82 Å². The van der Waals surface area contributed by atoms with E-state index in [2.05, 4.69) is 15.5 Å². The van der Waals surface area contributed by atoms with Crippen LogP contribution in [0, 0.1) is 12.7 Å². The number of nitrogens with one attached hydrogen (secondary N) is 1. The molecule has 3 aromatic carbocycles. The van der Waals surface area contributed by atoms with Crippen molar-refractivity contribution >= 4 is 23.4 Å². The molecule has 0 saturated heterocycles.